The summed E-state index contributed by atoms with van der Waals surface area (Å²) in [6.45, 7) is 1.50. The number of rotatable bonds is 3. The van der Waals surface area contributed by atoms with Gasteiger partial charge in [-0.05, 0) is 12.8 Å². The topological polar surface area (TPSA) is 38.3 Å². The number of hydrogen-bond acceptors (Lipinski definition) is 2. The number of hydrogen-bond donors (Lipinski definition) is 1. The molecule has 0 spiro atoms. The molecule has 0 aromatic rings. The van der Waals surface area contributed by atoms with E-state index in [-0.39, 0.29) is 12.0 Å². The van der Waals surface area contributed by atoms with Gasteiger partial charge in [0, 0.05) is 13.2 Å². The molecule has 0 unspecified atom stereocenters. The van der Waals surface area contributed by atoms with Crippen molar-refractivity contribution >= 4 is 21.8 Å². The quantitative estimate of drug-likeness (QED) is 0.713. The molecule has 0 aromatic heterocycles. The van der Waals surface area contributed by atoms with E-state index in [0.29, 0.717) is 11.9 Å². The molecule has 0 aromatic carbocycles. The van der Waals surface area contributed by atoms with Crippen LogP contribution in [0.3, 0.4) is 0 Å². The highest BCUT2D eigenvalue weighted by molar-refractivity contribution is 9.09. The first-order valence-electron chi connectivity index (χ1n) is 3.77. The summed E-state index contributed by atoms with van der Waals surface area (Å²) in [4.78, 5) is 10.8. The number of amides is 1. The minimum atomic E-state index is 0.0282. The van der Waals surface area contributed by atoms with Crippen LogP contribution in [0.25, 0.3) is 0 Å². The maximum Gasteiger partial charge on any atom is 0.230 e. The number of halogens is 1. The number of ether oxygens (including phenoxy) is 1. The normalized spacial score (nSPS) is 23.5. The largest absolute Gasteiger partial charge is 0.376 e. The predicted molar refractivity (Wildman–Crippen MR) is 45.8 cm³/mol. The molecule has 1 aliphatic heterocycles. The molecule has 3 nitrogen and oxygen atoms in total. The Morgan fingerprint density at radius 3 is 3.09 bits per heavy atom. The van der Waals surface area contributed by atoms with Gasteiger partial charge in [0.1, 0.15) is 0 Å². The van der Waals surface area contributed by atoms with Crippen LogP contribution in [0.15, 0.2) is 0 Å². The molecule has 1 saturated heterocycles. The third kappa shape index (κ3) is 3.20. The first kappa shape index (κ1) is 9.00. The van der Waals surface area contributed by atoms with Crippen LogP contribution in [0.2, 0.25) is 0 Å². The SMILES string of the molecule is O=C(CBr)NC[C@@H]1CCCO1. The van der Waals surface area contributed by atoms with Crippen LogP contribution in [0.1, 0.15) is 12.8 Å². The maximum atomic E-state index is 10.8. The lowest BCUT2D eigenvalue weighted by Gasteiger charge is -2.08. The van der Waals surface area contributed by atoms with Gasteiger partial charge in [-0.25, -0.2) is 0 Å². The number of carbonyl (C=O) groups excluding carboxylic acids is 1. The highest BCUT2D eigenvalue weighted by atomic mass is 79.9. The molecular weight excluding hydrogens is 210 g/mol. The average Bonchev–Trinajstić information content (AvgIpc) is 2.52. The molecule has 1 atom stereocenters. The third-order valence-corrected chi connectivity index (χ3v) is 2.18. The van der Waals surface area contributed by atoms with Crippen LogP contribution >= 0.6 is 15.9 Å². The van der Waals surface area contributed by atoms with Gasteiger partial charge in [-0.1, -0.05) is 15.9 Å². The van der Waals surface area contributed by atoms with E-state index < -0.39 is 0 Å². The van der Waals surface area contributed by atoms with Crippen LogP contribution in [0, 0.1) is 0 Å². The van der Waals surface area contributed by atoms with Gasteiger partial charge in [-0.15, -0.1) is 0 Å². The van der Waals surface area contributed by atoms with Gasteiger partial charge in [0.15, 0.2) is 0 Å². The molecule has 1 rings (SSSR count). The van der Waals surface area contributed by atoms with Crippen LogP contribution in [-0.4, -0.2) is 30.5 Å². The van der Waals surface area contributed by atoms with Crippen molar-refractivity contribution in [1.82, 2.24) is 5.32 Å². The van der Waals surface area contributed by atoms with Crippen molar-refractivity contribution in [3.63, 3.8) is 0 Å². The van der Waals surface area contributed by atoms with Gasteiger partial charge in [-0.2, -0.15) is 0 Å². The summed E-state index contributed by atoms with van der Waals surface area (Å²) < 4.78 is 5.32. The minimum absolute atomic E-state index is 0.0282. The smallest absolute Gasteiger partial charge is 0.230 e. The van der Waals surface area contributed by atoms with E-state index in [1.54, 1.807) is 0 Å². The summed E-state index contributed by atoms with van der Waals surface area (Å²) in [5, 5.41) is 3.14. The molecule has 0 bridgehead atoms. The van der Waals surface area contributed by atoms with Gasteiger partial charge in [0.25, 0.3) is 0 Å². The van der Waals surface area contributed by atoms with E-state index in [1.165, 1.54) is 0 Å². The average molecular weight is 222 g/mol. The van der Waals surface area contributed by atoms with Gasteiger partial charge in [0.2, 0.25) is 5.91 Å². The second kappa shape index (κ2) is 4.72. The lowest BCUT2D eigenvalue weighted by atomic mass is 10.2. The molecule has 1 aliphatic rings. The van der Waals surface area contributed by atoms with Crippen molar-refractivity contribution in [3.05, 3.63) is 0 Å². The summed E-state index contributed by atoms with van der Waals surface area (Å²) in [6.07, 6.45) is 2.44. The van der Waals surface area contributed by atoms with Crippen molar-refractivity contribution in [2.45, 2.75) is 18.9 Å². The third-order valence-electron chi connectivity index (χ3n) is 1.67. The zero-order chi connectivity index (χ0) is 8.10. The Bertz CT molecular complexity index is 134. The molecule has 64 valence electrons. The van der Waals surface area contributed by atoms with Gasteiger partial charge >= 0.3 is 0 Å². The van der Waals surface area contributed by atoms with Crippen molar-refractivity contribution < 1.29 is 9.53 Å². The molecule has 11 heavy (non-hydrogen) atoms. The van der Waals surface area contributed by atoms with Gasteiger partial charge in [-0.3, -0.25) is 4.79 Å². The summed E-state index contributed by atoms with van der Waals surface area (Å²) >= 11 is 3.07. The Labute approximate surface area is 74.6 Å². The number of carbonyl (C=O) groups is 1. The standard InChI is InChI=1S/C7H12BrNO2/c8-4-7(10)9-5-6-2-1-3-11-6/h6H,1-5H2,(H,9,10)/t6-/m0/s1. The lowest BCUT2D eigenvalue weighted by Crippen LogP contribution is -2.32. The Kier molecular flexibility index (Phi) is 3.86. The fraction of sp³-hybridized carbons (Fsp3) is 0.857. The lowest BCUT2D eigenvalue weighted by molar-refractivity contribution is -0.118. The highest BCUT2D eigenvalue weighted by Gasteiger charge is 2.15. The van der Waals surface area contributed by atoms with E-state index in [0.717, 1.165) is 19.4 Å². The number of nitrogens with one attached hydrogen (secondary N) is 1. The molecule has 0 aliphatic carbocycles. The van der Waals surface area contributed by atoms with Crippen LogP contribution in [0.4, 0.5) is 0 Å². The Morgan fingerprint density at radius 2 is 2.55 bits per heavy atom. The van der Waals surface area contributed by atoms with Crippen LogP contribution in [0.5, 0.6) is 0 Å². The fourth-order valence-electron chi connectivity index (χ4n) is 1.08. The summed E-state index contributed by atoms with van der Waals surface area (Å²) in [7, 11) is 0. The first-order chi connectivity index (χ1) is 5.33. The van der Waals surface area contributed by atoms with E-state index in [2.05, 4.69) is 21.2 Å². The van der Waals surface area contributed by atoms with Crippen LogP contribution in [-0.2, 0) is 9.53 Å². The highest BCUT2D eigenvalue weighted by Crippen LogP contribution is 2.10. The van der Waals surface area contributed by atoms with Crippen molar-refractivity contribution in [2.75, 3.05) is 18.5 Å². The Balaban J connectivity index is 2.06. The summed E-state index contributed by atoms with van der Waals surface area (Å²) in [5.41, 5.74) is 0. The molecule has 1 N–H and O–H groups in total. The van der Waals surface area contributed by atoms with Gasteiger partial charge < -0.3 is 10.1 Å². The molecule has 1 fully saturated rings. The van der Waals surface area contributed by atoms with E-state index in [9.17, 15) is 4.79 Å². The summed E-state index contributed by atoms with van der Waals surface area (Å²) in [5.74, 6) is 0.0282. The fourth-order valence-corrected chi connectivity index (χ4v) is 1.28. The van der Waals surface area contributed by atoms with Crippen molar-refractivity contribution in [2.24, 2.45) is 0 Å². The first-order valence-corrected chi connectivity index (χ1v) is 4.89. The molecule has 1 amide bonds. The molecular formula is C7H12BrNO2. The zero-order valence-corrected chi connectivity index (χ0v) is 7.89. The second-order valence-corrected chi connectivity index (χ2v) is 3.13. The van der Waals surface area contributed by atoms with E-state index in [4.69, 9.17) is 4.74 Å². The molecule has 4 heteroatoms. The van der Waals surface area contributed by atoms with Crippen molar-refractivity contribution in [1.29, 1.82) is 0 Å². The van der Waals surface area contributed by atoms with E-state index >= 15 is 0 Å². The maximum absolute atomic E-state index is 10.8. The second-order valence-electron chi connectivity index (χ2n) is 2.57. The zero-order valence-electron chi connectivity index (χ0n) is 6.31. The Hall–Kier alpha value is -0.0900. The van der Waals surface area contributed by atoms with Crippen molar-refractivity contribution in [3.8, 4) is 0 Å². The molecule has 1 heterocycles. The molecule has 0 radical (unpaired) electrons. The monoisotopic (exact) mass is 221 g/mol. The van der Waals surface area contributed by atoms with E-state index in [1.807, 2.05) is 0 Å². The minimum Gasteiger partial charge on any atom is -0.376 e. The predicted octanol–water partition coefficient (Wildman–Crippen LogP) is 0.676. The number of alkyl halides is 1. The summed E-state index contributed by atoms with van der Waals surface area (Å²) in [6, 6.07) is 0. The molecule has 0 saturated carbocycles. The Morgan fingerprint density at radius 1 is 1.73 bits per heavy atom. The van der Waals surface area contributed by atoms with Gasteiger partial charge in [0.05, 0.1) is 11.4 Å². The van der Waals surface area contributed by atoms with Crippen LogP contribution < -0.4 is 5.32 Å².